The molecule has 114 valence electrons. The van der Waals surface area contributed by atoms with Gasteiger partial charge >= 0.3 is 0 Å². The van der Waals surface area contributed by atoms with E-state index in [-0.39, 0.29) is 5.91 Å². The van der Waals surface area contributed by atoms with Crippen LogP contribution in [-0.2, 0) is 6.54 Å². The maximum absolute atomic E-state index is 12.0. The summed E-state index contributed by atoms with van der Waals surface area (Å²) in [6.07, 6.45) is 0. The van der Waals surface area contributed by atoms with Crippen LogP contribution in [0.3, 0.4) is 0 Å². The van der Waals surface area contributed by atoms with E-state index in [1.54, 1.807) is 24.3 Å². The van der Waals surface area contributed by atoms with Crippen LogP contribution in [0.2, 0.25) is 4.34 Å². The van der Waals surface area contributed by atoms with E-state index in [1.807, 2.05) is 17.5 Å². The molecule has 0 fully saturated rings. The van der Waals surface area contributed by atoms with Crippen LogP contribution in [0.1, 0.15) is 15.4 Å². The van der Waals surface area contributed by atoms with Crippen molar-refractivity contribution >= 4 is 45.9 Å². The van der Waals surface area contributed by atoms with E-state index in [9.17, 15) is 4.79 Å². The summed E-state index contributed by atoms with van der Waals surface area (Å²) in [4.78, 5) is 20.4. The van der Waals surface area contributed by atoms with E-state index < -0.39 is 0 Å². The SMILES string of the molecule is [C-]#[N+]c1ccc(-c2nc(CNC(=O)c3ccc(Cl)s3)cs2)cc1. The number of halogens is 1. The van der Waals surface area contributed by atoms with Crippen molar-refractivity contribution in [2.45, 2.75) is 6.54 Å². The molecule has 0 aliphatic rings. The lowest BCUT2D eigenvalue weighted by Crippen LogP contribution is -2.21. The molecule has 2 aromatic heterocycles. The van der Waals surface area contributed by atoms with Gasteiger partial charge < -0.3 is 5.32 Å². The molecule has 3 rings (SSSR count). The maximum Gasteiger partial charge on any atom is 0.261 e. The molecule has 0 spiro atoms. The van der Waals surface area contributed by atoms with Crippen molar-refractivity contribution in [1.82, 2.24) is 10.3 Å². The fourth-order valence-corrected chi connectivity index (χ4v) is 3.68. The molecule has 4 nitrogen and oxygen atoms in total. The highest BCUT2D eigenvalue weighted by Crippen LogP contribution is 2.26. The number of benzene rings is 1. The summed E-state index contributed by atoms with van der Waals surface area (Å²) in [7, 11) is 0. The molecule has 0 atom stereocenters. The second-order valence-electron chi connectivity index (χ2n) is 4.59. The number of amides is 1. The summed E-state index contributed by atoms with van der Waals surface area (Å²) in [6.45, 7) is 7.32. The molecule has 3 aromatic rings. The zero-order valence-corrected chi connectivity index (χ0v) is 14.1. The predicted molar refractivity (Wildman–Crippen MR) is 94.3 cm³/mol. The molecule has 0 aliphatic carbocycles. The first-order chi connectivity index (χ1) is 11.2. The summed E-state index contributed by atoms with van der Waals surface area (Å²) in [5, 5.41) is 5.61. The fourth-order valence-electron chi connectivity index (χ4n) is 1.89. The third-order valence-electron chi connectivity index (χ3n) is 3.02. The van der Waals surface area contributed by atoms with Gasteiger partial charge in [0.2, 0.25) is 0 Å². The highest BCUT2D eigenvalue weighted by Gasteiger charge is 2.10. The maximum atomic E-state index is 12.0. The smallest absolute Gasteiger partial charge is 0.261 e. The minimum absolute atomic E-state index is 0.155. The number of carbonyl (C=O) groups excluding carboxylic acids is 1. The van der Waals surface area contributed by atoms with Gasteiger partial charge in [0.25, 0.3) is 5.91 Å². The lowest BCUT2D eigenvalue weighted by molar-refractivity contribution is 0.0954. The molecule has 2 heterocycles. The largest absolute Gasteiger partial charge is 0.346 e. The molecule has 0 saturated carbocycles. The number of thiophene rings is 1. The van der Waals surface area contributed by atoms with Crippen molar-refractivity contribution in [3.05, 3.63) is 68.1 Å². The minimum Gasteiger partial charge on any atom is -0.346 e. The Balaban J connectivity index is 1.65. The molecule has 0 unspecified atom stereocenters. The summed E-state index contributed by atoms with van der Waals surface area (Å²) in [5.74, 6) is -0.155. The summed E-state index contributed by atoms with van der Waals surface area (Å²) < 4.78 is 0.592. The van der Waals surface area contributed by atoms with Crippen LogP contribution in [0.5, 0.6) is 0 Å². The minimum atomic E-state index is -0.155. The molecule has 23 heavy (non-hydrogen) atoms. The van der Waals surface area contributed by atoms with E-state index in [2.05, 4.69) is 15.1 Å². The molecule has 1 aromatic carbocycles. The van der Waals surface area contributed by atoms with Crippen LogP contribution in [0.25, 0.3) is 15.4 Å². The quantitative estimate of drug-likeness (QED) is 0.666. The Labute approximate surface area is 146 Å². The van der Waals surface area contributed by atoms with E-state index in [0.29, 0.717) is 21.4 Å². The monoisotopic (exact) mass is 359 g/mol. The zero-order chi connectivity index (χ0) is 16.2. The molecule has 0 saturated heterocycles. The third-order valence-corrected chi connectivity index (χ3v) is 5.19. The first-order valence-electron chi connectivity index (χ1n) is 6.61. The topological polar surface area (TPSA) is 46.4 Å². The first-order valence-corrected chi connectivity index (χ1v) is 8.69. The van der Waals surface area contributed by atoms with Crippen molar-refractivity contribution < 1.29 is 4.79 Å². The van der Waals surface area contributed by atoms with Crippen LogP contribution in [0, 0.1) is 6.57 Å². The molecule has 0 aliphatic heterocycles. The molecular weight excluding hydrogens is 350 g/mol. The molecule has 0 radical (unpaired) electrons. The van der Waals surface area contributed by atoms with Gasteiger partial charge in [0.1, 0.15) is 5.01 Å². The van der Waals surface area contributed by atoms with Gasteiger partial charge in [-0.3, -0.25) is 4.79 Å². The highest BCUT2D eigenvalue weighted by atomic mass is 35.5. The number of thiazole rings is 1. The average Bonchev–Trinajstić information content (AvgIpc) is 3.22. The summed E-state index contributed by atoms with van der Waals surface area (Å²) in [5.41, 5.74) is 2.37. The number of nitrogens with zero attached hydrogens (tertiary/aromatic N) is 2. The Kier molecular flexibility index (Phi) is 4.72. The second kappa shape index (κ2) is 6.92. The van der Waals surface area contributed by atoms with Crippen molar-refractivity contribution in [3.63, 3.8) is 0 Å². The Morgan fingerprint density at radius 1 is 1.26 bits per heavy atom. The van der Waals surface area contributed by atoms with Crippen molar-refractivity contribution in [1.29, 1.82) is 0 Å². The number of aromatic nitrogens is 1. The number of rotatable bonds is 4. The van der Waals surface area contributed by atoms with Gasteiger partial charge in [-0.05, 0) is 12.1 Å². The standard InChI is InChI=1S/C16H10ClN3OS2/c1-18-11-4-2-10(3-5-11)16-20-12(9-22-16)8-19-15(21)13-6-7-14(17)23-13/h2-7,9H,8H2,(H,19,21). The lowest BCUT2D eigenvalue weighted by Gasteiger charge is -2.00. The van der Waals surface area contributed by atoms with Gasteiger partial charge in [-0.1, -0.05) is 35.9 Å². The molecule has 7 heteroatoms. The second-order valence-corrected chi connectivity index (χ2v) is 7.16. The van der Waals surface area contributed by atoms with Crippen molar-refractivity contribution in [2.75, 3.05) is 0 Å². The lowest BCUT2D eigenvalue weighted by atomic mass is 10.2. The van der Waals surface area contributed by atoms with E-state index >= 15 is 0 Å². The summed E-state index contributed by atoms with van der Waals surface area (Å²) in [6, 6.07) is 10.7. The Morgan fingerprint density at radius 3 is 2.70 bits per heavy atom. The van der Waals surface area contributed by atoms with Crippen molar-refractivity contribution in [2.24, 2.45) is 0 Å². The van der Waals surface area contributed by atoms with E-state index in [1.165, 1.54) is 22.7 Å². The van der Waals surface area contributed by atoms with Gasteiger partial charge in [-0.25, -0.2) is 9.83 Å². The van der Waals surface area contributed by atoms with Gasteiger partial charge in [0.05, 0.1) is 28.0 Å². The van der Waals surface area contributed by atoms with Crippen LogP contribution in [0.4, 0.5) is 5.69 Å². The van der Waals surface area contributed by atoms with Crippen LogP contribution < -0.4 is 5.32 Å². The van der Waals surface area contributed by atoms with Gasteiger partial charge in [-0.2, -0.15) is 0 Å². The van der Waals surface area contributed by atoms with Crippen molar-refractivity contribution in [3.8, 4) is 10.6 Å². The fraction of sp³-hybridized carbons (Fsp3) is 0.0625. The van der Waals surface area contributed by atoms with Crippen LogP contribution in [-0.4, -0.2) is 10.9 Å². The summed E-state index contributed by atoms with van der Waals surface area (Å²) >= 11 is 8.58. The number of hydrogen-bond acceptors (Lipinski definition) is 4. The molecule has 1 N–H and O–H groups in total. The number of carbonyl (C=O) groups is 1. The molecule has 0 bridgehead atoms. The Morgan fingerprint density at radius 2 is 2.04 bits per heavy atom. The normalized spacial score (nSPS) is 10.3. The Hall–Kier alpha value is -2.20. The van der Waals surface area contributed by atoms with Crippen LogP contribution >= 0.6 is 34.3 Å². The first kappa shape index (κ1) is 15.7. The third kappa shape index (κ3) is 3.77. The zero-order valence-electron chi connectivity index (χ0n) is 11.7. The van der Waals surface area contributed by atoms with Crippen LogP contribution in [0.15, 0.2) is 41.8 Å². The average molecular weight is 360 g/mol. The van der Waals surface area contributed by atoms with E-state index in [4.69, 9.17) is 18.2 Å². The molecule has 1 amide bonds. The highest BCUT2D eigenvalue weighted by molar-refractivity contribution is 7.18. The van der Waals surface area contributed by atoms with Gasteiger partial charge in [-0.15, -0.1) is 22.7 Å². The predicted octanol–water partition coefficient (Wildman–Crippen LogP) is 5.01. The number of hydrogen-bond donors (Lipinski definition) is 1. The van der Waals surface area contributed by atoms with Gasteiger partial charge in [0, 0.05) is 10.9 Å². The number of nitrogens with one attached hydrogen (secondary N) is 1. The molecular formula is C16H10ClN3OS2. The van der Waals surface area contributed by atoms with E-state index in [0.717, 1.165) is 16.3 Å². The Bertz CT molecular complexity index is 877. The van der Waals surface area contributed by atoms with Gasteiger partial charge in [0.15, 0.2) is 5.69 Å².